The number of hydrogen-bond donors (Lipinski definition) is 2. The molecule has 1 unspecified atom stereocenters. The summed E-state index contributed by atoms with van der Waals surface area (Å²) in [6, 6.07) is 3.87. The van der Waals surface area contributed by atoms with E-state index in [4.69, 9.17) is 5.26 Å². The number of hydrogen-bond acceptors (Lipinski definition) is 4. The van der Waals surface area contributed by atoms with Crippen molar-refractivity contribution in [2.45, 2.75) is 34.1 Å². The van der Waals surface area contributed by atoms with Crippen molar-refractivity contribution in [1.82, 2.24) is 4.98 Å². The molecule has 1 atom stereocenters. The van der Waals surface area contributed by atoms with Crippen LogP contribution in [-0.2, 0) is 4.79 Å². The van der Waals surface area contributed by atoms with Gasteiger partial charge in [-0.15, -0.1) is 0 Å². The Kier molecular flexibility index (Phi) is 4.49. The molecule has 0 saturated carbocycles. The molecule has 0 radical (unpaired) electrons. The van der Waals surface area contributed by atoms with Gasteiger partial charge in [-0.1, -0.05) is 6.92 Å². The average Bonchev–Trinajstić information content (AvgIpc) is 2.35. The second-order valence-electron chi connectivity index (χ2n) is 4.96. The van der Waals surface area contributed by atoms with Crippen LogP contribution in [0.15, 0.2) is 6.07 Å². The first kappa shape index (κ1) is 15.0. The lowest BCUT2D eigenvalue weighted by Crippen LogP contribution is -2.34. The third-order valence-electron chi connectivity index (χ3n) is 3.41. The van der Waals surface area contributed by atoms with E-state index in [-0.39, 0.29) is 6.54 Å². The van der Waals surface area contributed by atoms with E-state index in [9.17, 15) is 9.90 Å². The monoisotopic (exact) mass is 261 g/mol. The average molecular weight is 261 g/mol. The molecule has 5 heteroatoms. The molecule has 2 N–H and O–H groups in total. The molecule has 0 fully saturated rings. The summed E-state index contributed by atoms with van der Waals surface area (Å²) in [7, 11) is 0. The van der Waals surface area contributed by atoms with Crippen LogP contribution in [-0.4, -0.2) is 22.6 Å². The van der Waals surface area contributed by atoms with Gasteiger partial charge in [0, 0.05) is 12.2 Å². The number of aryl methyl sites for hydroxylation is 2. The fraction of sp³-hybridized carbons (Fsp3) is 0.500. The van der Waals surface area contributed by atoms with Gasteiger partial charge in [0.15, 0.2) is 0 Å². The highest BCUT2D eigenvalue weighted by molar-refractivity contribution is 5.75. The van der Waals surface area contributed by atoms with Crippen molar-refractivity contribution >= 4 is 11.7 Å². The van der Waals surface area contributed by atoms with E-state index >= 15 is 0 Å². The van der Waals surface area contributed by atoms with Gasteiger partial charge in [-0.2, -0.15) is 5.26 Å². The van der Waals surface area contributed by atoms with Crippen LogP contribution in [0.25, 0.3) is 0 Å². The molecule has 1 rings (SSSR count). The van der Waals surface area contributed by atoms with Gasteiger partial charge >= 0.3 is 5.97 Å². The molecule has 0 aliphatic carbocycles. The van der Waals surface area contributed by atoms with Gasteiger partial charge < -0.3 is 10.4 Å². The third-order valence-corrected chi connectivity index (χ3v) is 3.41. The summed E-state index contributed by atoms with van der Waals surface area (Å²) >= 11 is 0. The first-order valence-electron chi connectivity index (χ1n) is 6.19. The van der Waals surface area contributed by atoms with Gasteiger partial charge in [0.1, 0.15) is 6.07 Å². The first-order chi connectivity index (χ1) is 8.84. The number of nitrogens with zero attached hydrogens (tertiary/aromatic N) is 2. The molecule has 0 aliphatic heterocycles. The van der Waals surface area contributed by atoms with E-state index < -0.39 is 11.4 Å². The molecule has 1 aromatic heterocycles. The summed E-state index contributed by atoms with van der Waals surface area (Å²) < 4.78 is 0. The predicted octanol–water partition coefficient (Wildman–Crippen LogP) is 2.48. The van der Waals surface area contributed by atoms with Crippen molar-refractivity contribution < 1.29 is 9.90 Å². The zero-order valence-electron chi connectivity index (χ0n) is 11.7. The topological polar surface area (TPSA) is 86.0 Å². The molecular weight excluding hydrogens is 242 g/mol. The summed E-state index contributed by atoms with van der Waals surface area (Å²) in [6.45, 7) is 7.41. The summed E-state index contributed by atoms with van der Waals surface area (Å²) in [6.07, 6.45) is 0.514. The Bertz CT molecular complexity index is 534. The third kappa shape index (κ3) is 3.22. The molecule has 0 bridgehead atoms. The smallest absolute Gasteiger partial charge is 0.311 e. The Hall–Kier alpha value is -2.09. The second kappa shape index (κ2) is 5.70. The summed E-state index contributed by atoms with van der Waals surface area (Å²) in [5, 5.41) is 21.4. The van der Waals surface area contributed by atoms with E-state index in [0.29, 0.717) is 23.4 Å². The van der Waals surface area contributed by atoms with Gasteiger partial charge in [-0.3, -0.25) is 9.78 Å². The minimum Gasteiger partial charge on any atom is -0.481 e. The molecule has 0 aromatic carbocycles. The van der Waals surface area contributed by atoms with Crippen LogP contribution < -0.4 is 5.32 Å². The predicted molar refractivity (Wildman–Crippen MR) is 72.9 cm³/mol. The summed E-state index contributed by atoms with van der Waals surface area (Å²) in [4.78, 5) is 15.5. The zero-order chi connectivity index (χ0) is 14.6. The second-order valence-corrected chi connectivity index (χ2v) is 4.96. The maximum absolute atomic E-state index is 11.2. The highest BCUT2D eigenvalue weighted by Gasteiger charge is 2.31. The molecule has 19 heavy (non-hydrogen) atoms. The van der Waals surface area contributed by atoms with Crippen LogP contribution in [0, 0.1) is 30.6 Å². The van der Waals surface area contributed by atoms with Crippen molar-refractivity contribution in [2.24, 2.45) is 5.41 Å². The van der Waals surface area contributed by atoms with E-state index in [1.807, 2.05) is 13.8 Å². The number of carboxylic acids is 1. The molecule has 0 aliphatic rings. The van der Waals surface area contributed by atoms with Crippen LogP contribution in [0.4, 0.5) is 5.69 Å². The zero-order valence-corrected chi connectivity index (χ0v) is 11.7. The lowest BCUT2D eigenvalue weighted by molar-refractivity contribution is -0.147. The number of anilines is 1. The minimum absolute atomic E-state index is 0.274. The van der Waals surface area contributed by atoms with E-state index in [2.05, 4.69) is 16.4 Å². The Morgan fingerprint density at radius 2 is 2.21 bits per heavy atom. The van der Waals surface area contributed by atoms with Crippen LogP contribution >= 0.6 is 0 Å². The highest BCUT2D eigenvalue weighted by Crippen LogP contribution is 2.24. The number of nitrogens with one attached hydrogen (secondary N) is 1. The normalized spacial score (nSPS) is 13.4. The number of carboxylic acid groups (broad SMARTS) is 1. The summed E-state index contributed by atoms with van der Waals surface area (Å²) in [5.41, 5.74) is 1.71. The fourth-order valence-corrected chi connectivity index (χ4v) is 1.75. The fourth-order valence-electron chi connectivity index (χ4n) is 1.75. The van der Waals surface area contributed by atoms with E-state index in [1.54, 1.807) is 19.9 Å². The number of aliphatic carboxylic acids is 1. The SMILES string of the molecule is CCC(C)(CNc1cc(C)nc(C)c1C#N)C(=O)O. The minimum atomic E-state index is -0.849. The van der Waals surface area contributed by atoms with Crippen molar-refractivity contribution in [3.63, 3.8) is 0 Å². The molecule has 0 amide bonds. The van der Waals surface area contributed by atoms with Gasteiger partial charge in [0.05, 0.1) is 22.4 Å². The Labute approximate surface area is 113 Å². The van der Waals surface area contributed by atoms with Gasteiger partial charge in [0.25, 0.3) is 0 Å². The largest absolute Gasteiger partial charge is 0.481 e. The number of nitriles is 1. The lowest BCUT2D eigenvalue weighted by Gasteiger charge is -2.24. The quantitative estimate of drug-likeness (QED) is 0.850. The molecule has 1 heterocycles. The van der Waals surface area contributed by atoms with Gasteiger partial charge in [-0.25, -0.2) is 0 Å². The Morgan fingerprint density at radius 1 is 1.58 bits per heavy atom. The van der Waals surface area contributed by atoms with E-state index in [0.717, 1.165) is 5.69 Å². The number of aromatic nitrogens is 1. The lowest BCUT2D eigenvalue weighted by atomic mass is 9.87. The van der Waals surface area contributed by atoms with Gasteiger partial charge in [-0.05, 0) is 33.3 Å². The van der Waals surface area contributed by atoms with Gasteiger partial charge in [0.2, 0.25) is 0 Å². The van der Waals surface area contributed by atoms with Crippen molar-refractivity contribution in [3.05, 3.63) is 23.0 Å². The standard InChI is InChI=1S/C14H19N3O2/c1-5-14(4,13(18)19)8-16-12-6-9(2)17-10(3)11(12)7-15/h6H,5,8H2,1-4H3,(H,16,17)(H,18,19). The maximum atomic E-state index is 11.2. The molecule has 5 nitrogen and oxygen atoms in total. The van der Waals surface area contributed by atoms with Crippen molar-refractivity contribution in [3.8, 4) is 6.07 Å². The molecule has 0 saturated heterocycles. The maximum Gasteiger partial charge on any atom is 0.311 e. The first-order valence-corrected chi connectivity index (χ1v) is 6.19. The molecule has 1 aromatic rings. The number of rotatable bonds is 5. The number of pyridine rings is 1. The molecule has 0 spiro atoms. The van der Waals surface area contributed by atoms with E-state index in [1.165, 1.54) is 0 Å². The summed E-state index contributed by atoms with van der Waals surface area (Å²) in [5.74, 6) is -0.844. The highest BCUT2D eigenvalue weighted by atomic mass is 16.4. The molecule has 102 valence electrons. The number of carbonyl (C=O) groups is 1. The van der Waals surface area contributed by atoms with Crippen LogP contribution in [0.3, 0.4) is 0 Å². The van der Waals surface area contributed by atoms with Crippen LogP contribution in [0.5, 0.6) is 0 Å². The molecular formula is C14H19N3O2. The Morgan fingerprint density at radius 3 is 2.68 bits per heavy atom. The van der Waals surface area contributed by atoms with Crippen LogP contribution in [0.1, 0.15) is 37.2 Å². The van der Waals surface area contributed by atoms with Crippen molar-refractivity contribution in [1.29, 1.82) is 5.26 Å². The van der Waals surface area contributed by atoms with Crippen LogP contribution in [0.2, 0.25) is 0 Å². The Balaban J connectivity index is 3.01. The van der Waals surface area contributed by atoms with Crippen molar-refractivity contribution in [2.75, 3.05) is 11.9 Å².